The molecule has 0 aliphatic heterocycles. The molecule has 0 atom stereocenters. The SMILES string of the molecule is CC(C)NC(=O)c1ccc(-c2cnc3c(NCC(C)(C)O)nc(Br)cn23)cc1F. The van der Waals surface area contributed by atoms with Crippen LogP contribution in [0.5, 0.6) is 0 Å². The molecule has 0 radical (unpaired) electrons. The number of halogens is 2. The average Bonchev–Trinajstić information content (AvgIpc) is 3.01. The number of hydrogen-bond acceptors (Lipinski definition) is 5. The third kappa shape index (κ3) is 4.91. The molecule has 1 aromatic carbocycles. The number of carbonyl (C=O) groups is 1. The zero-order valence-electron chi connectivity index (χ0n) is 16.6. The van der Waals surface area contributed by atoms with E-state index >= 15 is 0 Å². The van der Waals surface area contributed by atoms with E-state index in [0.29, 0.717) is 27.3 Å². The molecular weight excluding hydrogens is 441 g/mol. The number of carbonyl (C=O) groups excluding carboxylic acids is 1. The van der Waals surface area contributed by atoms with Gasteiger partial charge in [0.15, 0.2) is 11.5 Å². The van der Waals surface area contributed by atoms with Gasteiger partial charge >= 0.3 is 0 Å². The predicted octanol–water partition coefficient (Wildman–Crippen LogP) is 3.62. The molecule has 0 aliphatic carbocycles. The van der Waals surface area contributed by atoms with Crippen LogP contribution in [0.1, 0.15) is 38.1 Å². The Kier molecular flexibility index (Phi) is 5.90. The number of nitrogens with one attached hydrogen (secondary N) is 2. The molecule has 7 nitrogen and oxygen atoms in total. The van der Waals surface area contributed by atoms with Gasteiger partial charge in [-0.1, -0.05) is 6.07 Å². The molecule has 0 unspecified atom stereocenters. The van der Waals surface area contributed by atoms with Gasteiger partial charge in [-0.2, -0.15) is 0 Å². The Balaban J connectivity index is 1.99. The fraction of sp³-hybridized carbons (Fsp3) is 0.350. The third-order valence-electron chi connectivity index (χ3n) is 4.08. The van der Waals surface area contributed by atoms with E-state index in [1.807, 2.05) is 13.8 Å². The van der Waals surface area contributed by atoms with E-state index in [1.165, 1.54) is 12.1 Å². The van der Waals surface area contributed by atoms with E-state index in [9.17, 15) is 14.3 Å². The minimum absolute atomic E-state index is 0.00773. The van der Waals surface area contributed by atoms with Crippen molar-refractivity contribution in [2.75, 3.05) is 11.9 Å². The summed E-state index contributed by atoms with van der Waals surface area (Å²) >= 11 is 3.37. The number of aliphatic hydroxyl groups is 1. The van der Waals surface area contributed by atoms with Gasteiger partial charge < -0.3 is 15.7 Å². The van der Waals surface area contributed by atoms with Gasteiger partial charge in [0.05, 0.1) is 23.1 Å². The maximum atomic E-state index is 14.6. The largest absolute Gasteiger partial charge is 0.389 e. The van der Waals surface area contributed by atoms with Gasteiger partial charge in [-0.15, -0.1) is 0 Å². The molecule has 3 rings (SSSR count). The van der Waals surface area contributed by atoms with Crippen molar-refractivity contribution in [1.82, 2.24) is 19.7 Å². The molecule has 0 bridgehead atoms. The summed E-state index contributed by atoms with van der Waals surface area (Å²) in [7, 11) is 0. The summed E-state index contributed by atoms with van der Waals surface area (Å²) in [5.41, 5.74) is 0.819. The highest BCUT2D eigenvalue weighted by molar-refractivity contribution is 9.10. The highest BCUT2D eigenvalue weighted by Gasteiger charge is 2.18. The molecule has 0 spiro atoms. The number of amides is 1. The Bertz CT molecular complexity index is 1060. The van der Waals surface area contributed by atoms with Crippen molar-refractivity contribution in [2.45, 2.75) is 39.3 Å². The van der Waals surface area contributed by atoms with Crippen molar-refractivity contribution < 1.29 is 14.3 Å². The first-order valence-corrected chi connectivity index (χ1v) is 9.95. The quantitative estimate of drug-likeness (QED) is 0.519. The molecule has 0 aliphatic rings. The van der Waals surface area contributed by atoms with Crippen molar-refractivity contribution in [3.63, 3.8) is 0 Å². The summed E-state index contributed by atoms with van der Waals surface area (Å²) in [6.07, 6.45) is 3.34. The Morgan fingerprint density at radius 3 is 2.72 bits per heavy atom. The van der Waals surface area contributed by atoms with Gasteiger partial charge in [0.25, 0.3) is 5.91 Å². The zero-order valence-corrected chi connectivity index (χ0v) is 18.2. The van der Waals surface area contributed by atoms with Crippen molar-refractivity contribution in [3.8, 4) is 11.3 Å². The van der Waals surface area contributed by atoms with Crippen LogP contribution in [-0.4, -0.2) is 43.6 Å². The molecular formula is C20H23BrFN5O2. The third-order valence-corrected chi connectivity index (χ3v) is 4.46. The highest BCUT2D eigenvalue weighted by atomic mass is 79.9. The van der Waals surface area contributed by atoms with Gasteiger partial charge in [0.1, 0.15) is 10.4 Å². The number of hydrogen-bond donors (Lipinski definition) is 3. The van der Waals surface area contributed by atoms with E-state index in [-0.39, 0.29) is 18.2 Å². The topological polar surface area (TPSA) is 91.5 Å². The fourth-order valence-corrected chi connectivity index (χ4v) is 3.17. The van der Waals surface area contributed by atoms with Crippen LogP contribution in [0.25, 0.3) is 16.9 Å². The summed E-state index contributed by atoms with van der Waals surface area (Å²) in [6, 6.07) is 4.38. The van der Waals surface area contributed by atoms with E-state index in [0.717, 1.165) is 0 Å². The lowest BCUT2D eigenvalue weighted by Gasteiger charge is -2.18. The second-order valence-electron chi connectivity index (χ2n) is 7.74. The van der Waals surface area contributed by atoms with Crippen molar-refractivity contribution in [1.29, 1.82) is 0 Å². The van der Waals surface area contributed by atoms with Crippen LogP contribution in [0.4, 0.5) is 10.2 Å². The average molecular weight is 464 g/mol. The summed E-state index contributed by atoms with van der Waals surface area (Å²) in [4.78, 5) is 20.9. The number of rotatable bonds is 6. The van der Waals surface area contributed by atoms with Crippen LogP contribution in [0.3, 0.4) is 0 Å². The second kappa shape index (κ2) is 8.08. The second-order valence-corrected chi connectivity index (χ2v) is 8.55. The molecule has 2 aromatic heterocycles. The van der Waals surface area contributed by atoms with Crippen molar-refractivity contribution in [2.24, 2.45) is 0 Å². The lowest BCUT2D eigenvalue weighted by Crippen LogP contribution is -2.30. The molecule has 3 aromatic rings. The molecule has 0 fully saturated rings. The highest BCUT2D eigenvalue weighted by Crippen LogP contribution is 2.27. The Morgan fingerprint density at radius 2 is 2.10 bits per heavy atom. The van der Waals surface area contributed by atoms with E-state index < -0.39 is 17.3 Å². The monoisotopic (exact) mass is 463 g/mol. The molecule has 154 valence electrons. The maximum absolute atomic E-state index is 14.6. The standard InChI is InChI=1S/C20H23BrFN5O2/c1-11(2)25-19(28)13-6-5-12(7-14(13)22)15-8-23-18-17(24-10-20(3,4)29)26-16(21)9-27(15)18/h5-9,11,29H,10H2,1-4H3,(H,24,26)(H,25,28). The maximum Gasteiger partial charge on any atom is 0.254 e. The smallest absolute Gasteiger partial charge is 0.254 e. The van der Waals surface area contributed by atoms with Gasteiger partial charge in [-0.05, 0) is 55.8 Å². The first-order chi connectivity index (χ1) is 13.5. The van der Waals surface area contributed by atoms with Gasteiger partial charge in [0, 0.05) is 24.3 Å². The van der Waals surface area contributed by atoms with Crippen molar-refractivity contribution in [3.05, 3.63) is 46.6 Å². The normalized spacial score (nSPS) is 11.9. The van der Waals surface area contributed by atoms with Gasteiger partial charge in [-0.3, -0.25) is 9.20 Å². The molecule has 3 N–H and O–H groups in total. The molecule has 2 heterocycles. The number of fused-ring (bicyclic) bond motifs is 1. The van der Waals surface area contributed by atoms with Gasteiger partial charge in [0.2, 0.25) is 0 Å². The molecule has 1 amide bonds. The Hall–Kier alpha value is -2.52. The summed E-state index contributed by atoms with van der Waals surface area (Å²) in [5, 5.41) is 15.7. The summed E-state index contributed by atoms with van der Waals surface area (Å²) < 4.78 is 16.9. The van der Waals surface area contributed by atoms with E-state index in [4.69, 9.17) is 0 Å². The number of anilines is 1. The lowest BCUT2D eigenvalue weighted by molar-refractivity contribution is 0.0933. The Morgan fingerprint density at radius 1 is 1.38 bits per heavy atom. The fourth-order valence-electron chi connectivity index (χ4n) is 2.79. The first kappa shape index (κ1) is 21.2. The predicted molar refractivity (Wildman–Crippen MR) is 113 cm³/mol. The lowest BCUT2D eigenvalue weighted by atomic mass is 10.1. The van der Waals surface area contributed by atoms with Crippen LogP contribution >= 0.6 is 15.9 Å². The first-order valence-electron chi connectivity index (χ1n) is 9.16. The summed E-state index contributed by atoms with van der Waals surface area (Å²) in [6.45, 7) is 7.29. The van der Waals surface area contributed by atoms with Crippen LogP contribution in [0.15, 0.2) is 35.2 Å². The van der Waals surface area contributed by atoms with Crippen LogP contribution in [0, 0.1) is 5.82 Å². The zero-order chi connectivity index (χ0) is 21.3. The van der Waals surface area contributed by atoms with E-state index in [2.05, 4.69) is 36.5 Å². The van der Waals surface area contributed by atoms with Crippen LogP contribution in [-0.2, 0) is 0 Å². The van der Waals surface area contributed by atoms with Crippen molar-refractivity contribution >= 4 is 33.3 Å². The van der Waals surface area contributed by atoms with Crippen LogP contribution in [0.2, 0.25) is 0 Å². The summed E-state index contributed by atoms with van der Waals surface area (Å²) in [5.74, 6) is -0.572. The molecule has 0 saturated heterocycles. The molecule has 9 heteroatoms. The number of benzene rings is 1. The Labute approximate surface area is 176 Å². The van der Waals surface area contributed by atoms with Gasteiger partial charge in [-0.25, -0.2) is 14.4 Å². The molecule has 29 heavy (non-hydrogen) atoms. The number of aromatic nitrogens is 3. The minimum atomic E-state index is -0.925. The van der Waals surface area contributed by atoms with E-state index in [1.54, 1.807) is 36.7 Å². The van der Waals surface area contributed by atoms with Crippen LogP contribution < -0.4 is 10.6 Å². The number of imidazole rings is 1. The minimum Gasteiger partial charge on any atom is -0.389 e. The molecule has 0 saturated carbocycles. The number of nitrogens with zero attached hydrogens (tertiary/aromatic N) is 3.